The third kappa shape index (κ3) is 5.26. The van der Waals surface area contributed by atoms with E-state index in [1.807, 2.05) is 32.0 Å². The number of hydrogen-bond acceptors (Lipinski definition) is 5. The summed E-state index contributed by atoms with van der Waals surface area (Å²) in [7, 11) is -0.603. The first kappa shape index (κ1) is 24.5. The minimum Gasteiger partial charge on any atom is -0.369 e. The summed E-state index contributed by atoms with van der Waals surface area (Å²) in [4.78, 5) is 17.6. The number of sulfonamides is 1. The second-order valence-electron chi connectivity index (χ2n) is 8.38. The molecule has 1 fully saturated rings. The van der Waals surface area contributed by atoms with Gasteiger partial charge in [-0.25, -0.2) is 12.7 Å². The molecule has 0 radical (unpaired) electrons. The van der Waals surface area contributed by atoms with Crippen LogP contribution in [0.15, 0.2) is 41.3 Å². The molecule has 0 bridgehead atoms. The van der Waals surface area contributed by atoms with Crippen LogP contribution in [0.2, 0.25) is 5.02 Å². The van der Waals surface area contributed by atoms with Crippen LogP contribution in [0.25, 0.3) is 0 Å². The van der Waals surface area contributed by atoms with Crippen molar-refractivity contribution in [1.82, 2.24) is 9.21 Å². The lowest BCUT2D eigenvalue weighted by atomic mass is 10.1. The molecule has 1 aliphatic heterocycles. The molecular weight excluding hydrogens is 448 g/mol. The van der Waals surface area contributed by atoms with Crippen LogP contribution in [-0.4, -0.2) is 69.8 Å². The zero-order chi connectivity index (χ0) is 23.6. The van der Waals surface area contributed by atoms with Crippen LogP contribution < -0.4 is 10.2 Å². The smallest absolute Gasteiger partial charge is 0.242 e. The molecule has 2 aromatic carbocycles. The average molecular weight is 479 g/mol. The Hall–Kier alpha value is -2.13. The first-order chi connectivity index (χ1) is 15.0. The Balaban J connectivity index is 1.66. The molecule has 0 aliphatic carbocycles. The minimum absolute atomic E-state index is 0.153. The van der Waals surface area contributed by atoms with E-state index in [1.54, 1.807) is 12.1 Å². The van der Waals surface area contributed by atoms with Gasteiger partial charge in [0.25, 0.3) is 0 Å². The number of carbonyl (C=O) groups is 1. The highest BCUT2D eigenvalue weighted by Crippen LogP contribution is 2.26. The minimum atomic E-state index is -3.58. The molecular formula is C23H31ClN4O3S. The SMILES string of the molecule is Cc1ccc(S(=O)(=O)N(C)C)cc1NC(=O)[C@@H](C)N1CCN(c2cc(Cl)ccc2C)CC1. The number of anilines is 2. The van der Waals surface area contributed by atoms with E-state index in [4.69, 9.17) is 11.6 Å². The van der Waals surface area contributed by atoms with E-state index in [9.17, 15) is 13.2 Å². The summed E-state index contributed by atoms with van der Waals surface area (Å²) < 4.78 is 26.1. The lowest BCUT2D eigenvalue weighted by Gasteiger charge is -2.39. The van der Waals surface area contributed by atoms with Crippen molar-refractivity contribution in [3.8, 4) is 0 Å². The molecule has 1 atom stereocenters. The number of aryl methyl sites for hydroxylation is 2. The van der Waals surface area contributed by atoms with Crippen LogP contribution in [0.4, 0.5) is 11.4 Å². The van der Waals surface area contributed by atoms with Gasteiger partial charge in [0.15, 0.2) is 0 Å². The molecule has 2 aromatic rings. The first-order valence-electron chi connectivity index (χ1n) is 10.6. The number of hydrogen-bond donors (Lipinski definition) is 1. The van der Waals surface area contributed by atoms with Gasteiger partial charge in [-0.05, 0) is 56.2 Å². The van der Waals surface area contributed by atoms with Gasteiger partial charge in [-0.3, -0.25) is 9.69 Å². The predicted molar refractivity (Wildman–Crippen MR) is 130 cm³/mol. The van der Waals surface area contributed by atoms with Gasteiger partial charge in [-0.2, -0.15) is 0 Å². The number of carbonyl (C=O) groups excluding carboxylic acids is 1. The largest absolute Gasteiger partial charge is 0.369 e. The van der Waals surface area contributed by atoms with E-state index in [2.05, 4.69) is 22.0 Å². The lowest BCUT2D eigenvalue weighted by molar-refractivity contribution is -0.120. The predicted octanol–water partition coefficient (Wildman–Crippen LogP) is 3.36. The summed E-state index contributed by atoms with van der Waals surface area (Å²) in [6.07, 6.45) is 0. The third-order valence-electron chi connectivity index (χ3n) is 6.00. The number of benzene rings is 2. The lowest BCUT2D eigenvalue weighted by Crippen LogP contribution is -2.53. The molecule has 1 N–H and O–H groups in total. The van der Waals surface area contributed by atoms with E-state index in [-0.39, 0.29) is 16.8 Å². The Morgan fingerprint density at radius 2 is 1.66 bits per heavy atom. The molecule has 3 rings (SSSR count). The van der Waals surface area contributed by atoms with Gasteiger partial charge in [0.2, 0.25) is 15.9 Å². The zero-order valence-electron chi connectivity index (χ0n) is 19.2. The quantitative estimate of drug-likeness (QED) is 0.689. The van der Waals surface area contributed by atoms with Gasteiger partial charge in [-0.15, -0.1) is 0 Å². The van der Waals surface area contributed by atoms with Crippen molar-refractivity contribution in [3.63, 3.8) is 0 Å². The number of halogens is 1. The van der Waals surface area contributed by atoms with Gasteiger partial charge in [0.05, 0.1) is 10.9 Å². The van der Waals surface area contributed by atoms with E-state index in [0.29, 0.717) is 5.69 Å². The molecule has 0 unspecified atom stereocenters. The van der Waals surface area contributed by atoms with Crippen molar-refractivity contribution >= 4 is 38.9 Å². The molecule has 1 heterocycles. The fourth-order valence-electron chi connectivity index (χ4n) is 3.78. The maximum atomic E-state index is 13.0. The van der Waals surface area contributed by atoms with Crippen molar-refractivity contribution in [2.75, 3.05) is 50.5 Å². The fourth-order valence-corrected chi connectivity index (χ4v) is 4.88. The summed E-state index contributed by atoms with van der Waals surface area (Å²) in [6.45, 7) is 8.89. The molecule has 32 heavy (non-hydrogen) atoms. The Morgan fingerprint density at radius 1 is 1.03 bits per heavy atom. The van der Waals surface area contributed by atoms with Crippen LogP contribution >= 0.6 is 11.6 Å². The summed E-state index contributed by atoms with van der Waals surface area (Å²) in [5, 5.41) is 3.64. The maximum Gasteiger partial charge on any atom is 0.242 e. The van der Waals surface area contributed by atoms with Crippen molar-refractivity contribution in [2.24, 2.45) is 0 Å². The van der Waals surface area contributed by atoms with E-state index >= 15 is 0 Å². The van der Waals surface area contributed by atoms with Crippen LogP contribution in [0, 0.1) is 13.8 Å². The number of nitrogens with zero attached hydrogens (tertiary/aromatic N) is 3. The molecule has 1 amide bonds. The topological polar surface area (TPSA) is 73.0 Å². The van der Waals surface area contributed by atoms with Crippen molar-refractivity contribution < 1.29 is 13.2 Å². The highest BCUT2D eigenvalue weighted by molar-refractivity contribution is 7.89. The van der Waals surface area contributed by atoms with Crippen LogP contribution in [0.3, 0.4) is 0 Å². The Kier molecular flexibility index (Phi) is 7.50. The summed E-state index contributed by atoms with van der Waals surface area (Å²) in [6, 6.07) is 10.3. The van der Waals surface area contributed by atoms with Crippen molar-refractivity contribution in [2.45, 2.75) is 31.7 Å². The molecule has 0 spiro atoms. The average Bonchev–Trinajstić information content (AvgIpc) is 2.76. The Bertz CT molecular complexity index is 1100. The van der Waals surface area contributed by atoms with E-state index < -0.39 is 10.0 Å². The molecule has 1 saturated heterocycles. The van der Waals surface area contributed by atoms with Gasteiger partial charge in [0.1, 0.15) is 0 Å². The Morgan fingerprint density at radius 3 is 2.28 bits per heavy atom. The van der Waals surface area contributed by atoms with Crippen molar-refractivity contribution in [3.05, 3.63) is 52.5 Å². The van der Waals surface area contributed by atoms with Gasteiger partial charge in [0, 0.05) is 56.7 Å². The first-order valence-corrected chi connectivity index (χ1v) is 12.4. The molecule has 1 aliphatic rings. The standard InChI is InChI=1S/C23H31ClN4O3S/c1-16-7-9-20(32(30,31)26(4)5)15-21(16)25-23(29)18(3)27-10-12-28(13-11-27)22-14-19(24)8-6-17(22)2/h6-9,14-15,18H,10-13H2,1-5H3,(H,25,29)/t18-/m1/s1. The molecule has 0 aromatic heterocycles. The fraction of sp³-hybridized carbons (Fsp3) is 0.435. The molecule has 9 heteroatoms. The zero-order valence-corrected chi connectivity index (χ0v) is 20.8. The summed E-state index contributed by atoms with van der Waals surface area (Å²) >= 11 is 6.17. The van der Waals surface area contributed by atoms with Gasteiger partial charge < -0.3 is 10.2 Å². The normalized spacial score (nSPS) is 16.3. The Labute approximate surface area is 196 Å². The van der Waals surface area contributed by atoms with Gasteiger partial charge >= 0.3 is 0 Å². The molecule has 174 valence electrons. The highest BCUT2D eigenvalue weighted by atomic mass is 35.5. The van der Waals surface area contributed by atoms with E-state index in [1.165, 1.54) is 25.7 Å². The van der Waals surface area contributed by atoms with E-state index in [0.717, 1.165) is 46.8 Å². The summed E-state index contributed by atoms with van der Waals surface area (Å²) in [5.74, 6) is -0.153. The number of amides is 1. The highest BCUT2D eigenvalue weighted by Gasteiger charge is 2.27. The van der Waals surface area contributed by atoms with Crippen molar-refractivity contribution in [1.29, 1.82) is 0 Å². The van der Waals surface area contributed by atoms with Crippen LogP contribution in [0.5, 0.6) is 0 Å². The molecule has 0 saturated carbocycles. The monoisotopic (exact) mass is 478 g/mol. The maximum absolute atomic E-state index is 13.0. The second-order valence-corrected chi connectivity index (χ2v) is 11.0. The number of rotatable bonds is 6. The number of piperazine rings is 1. The van der Waals surface area contributed by atoms with Crippen LogP contribution in [-0.2, 0) is 14.8 Å². The van der Waals surface area contributed by atoms with Crippen LogP contribution in [0.1, 0.15) is 18.1 Å². The number of nitrogens with one attached hydrogen (secondary N) is 1. The third-order valence-corrected chi connectivity index (χ3v) is 8.04. The molecule has 7 nitrogen and oxygen atoms in total. The summed E-state index contributed by atoms with van der Waals surface area (Å²) in [5.41, 5.74) is 3.63. The second kappa shape index (κ2) is 9.79. The van der Waals surface area contributed by atoms with Gasteiger partial charge in [-0.1, -0.05) is 23.7 Å².